The third-order valence-electron chi connectivity index (χ3n) is 3.65. The highest BCUT2D eigenvalue weighted by atomic mass is 79.9. The minimum absolute atomic E-state index is 0.346. The van der Waals surface area contributed by atoms with Crippen LogP contribution in [0.2, 0.25) is 10.0 Å². The van der Waals surface area contributed by atoms with Crippen LogP contribution in [-0.2, 0) is 13.2 Å². The molecule has 0 saturated heterocycles. The molecule has 142 valence electrons. The largest absolute Gasteiger partial charge is 0.490 e. The van der Waals surface area contributed by atoms with E-state index < -0.39 is 0 Å². The summed E-state index contributed by atoms with van der Waals surface area (Å²) in [5.41, 5.74) is 1.91. The zero-order valence-electron chi connectivity index (χ0n) is 14.4. The summed E-state index contributed by atoms with van der Waals surface area (Å²) in [5.74, 6) is 1.90. The molecule has 0 radical (unpaired) electrons. The summed E-state index contributed by atoms with van der Waals surface area (Å²) in [4.78, 5) is 4.04. The molecule has 3 rings (SSSR count). The lowest BCUT2D eigenvalue weighted by Gasteiger charge is -2.15. The first-order valence-corrected chi connectivity index (χ1v) is 9.73. The fourth-order valence-electron chi connectivity index (χ4n) is 2.35. The lowest BCUT2D eigenvalue weighted by molar-refractivity contribution is 0.269. The summed E-state index contributed by atoms with van der Waals surface area (Å²) in [5, 5.41) is 10.7. The van der Waals surface area contributed by atoms with Gasteiger partial charge in [0.1, 0.15) is 12.9 Å². The van der Waals surface area contributed by atoms with Gasteiger partial charge in [0, 0.05) is 11.0 Å². The van der Waals surface area contributed by atoms with Crippen molar-refractivity contribution in [1.82, 2.24) is 15.2 Å². The number of nitrogens with zero attached hydrogens (tertiary/aromatic N) is 2. The molecule has 6 nitrogen and oxygen atoms in total. The lowest BCUT2D eigenvalue weighted by atomic mass is 10.2. The van der Waals surface area contributed by atoms with E-state index in [1.807, 2.05) is 25.1 Å². The van der Waals surface area contributed by atoms with Crippen LogP contribution in [0.15, 0.2) is 41.1 Å². The fourth-order valence-corrected chi connectivity index (χ4v) is 3.14. The Morgan fingerprint density at radius 3 is 2.63 bits per heavy atom. The highest BCUT2D eigenvalue weighted by Crippen LogP contribution is 2.35. The van der Waals surface area contributed by atoms with Crippen LogP contribution in [0.25, 0.3) is 0 Å². The molecule has 0 aliphatic carbocycles. The summed E-state index contributed by atoms with van der Waals surface area (Å²) in [6.07, 6.45) is 1.45. The van der Waals surface area contributed by atoms with Gasteiger partial charge in [-0.2, -0.15) is 5.10 Å². The number of benzene rings is 2. The second-order valence-electron chi connectivity index (χ2n) is 5.55. The van der Waals surface area contributed by atoms with Crippen LogP contribution < -0.4 is 14.8 Å². The standard InChI is InChI=1S/C18H17BrCl2N4O2/c1-2-26-16-6-12(8-22-18-23-10-24-25-18)13(19)7-17(16)27-9-11-3-4-14(20)15(21)5-11/h3-7,10H,2,8-9H2,1H3,(H2,22,23,24,25). The number of H-pyrrole nitrogens is 1. The number of hydrogen-bond donors (Lipinski definition) is 2. The Morgan fingerprint density at radius 1 is 1.11 bits per heavy atom. The maximum absolute atomic E-state index is 6.06. The minimum Gasteiger partial charge on any atom is -0.490 e. The van der Waals surface area contributed by atoms with Crippen LogP contribution in [0.5, 0.6) is 11.5 Å². The molecule has 2 N–H and O–H groups in total. The quantitative estimate of drug-likeness (QED) is 0.456. The number of aromatic amines is 1. The van der Waals surface area contributed by atoms with Gasteiger partial charge in [-0.1, -0.05) is 45.2 Å². The topological polar surface area (TPSA) is 72.1 Å². The number of halogens is 3. The van der Waals surface area contributed by atoms with E-state index in [0.717, 1.165) is 15.6 Å². The van der Waals surface area contributed by atoms with Gasteiger partial charge < -0.3 is 14.8 Å². The predicted octanol–water partition coefficient (Wildman–Crippen LogP) is 5.46. The molecule has 3 aromatic rings. The van der Waals surface area contributed by atoms with Gasteiger partial charge >= 0.3 is 0 Å². The Labute approximate surface area is 175 Å². The van der Waals surface area contributed by atoms with Crippen molar-refractivity contribution in [3.05, 3.63) is 62.3 Å². The monoisotopic (exact) mass is 470 g/mol. The van der Waals surface area contributed by atoms with Crippen molar-refractivity contribution >= 4 is 45.1 Å². The first-order valence-electron chi connectivity index (χ1n) is 8.18. The Hall–Kier alpha value is -1.96. The molecule has 0 saturated carbocycles. The molecule has 0 spiro atoms. The van der Waals surface area contributed by atoms with E-state index in [4.69, 9.17) is 32.7 Å². The number of anilines is 1. The Kier molecular flexibility index (Phi) is 6.82. The highest BCUT2D eigenvalue weighted by molar-refractivity contribution is 9.10. The van der Waals surface area contributed by atoms with E-state index in [9.17, 15) is 0 Å². The highest BCUT2D eigenvalue weighted by Gasteiger charge is 2.12. The molecule has 1 heterocycles. The molecule has 0 amide bonds. The summed E-state index contributed by atoms with van der Waals surface area (Å²) in [6.45, 7) is 3.35. The van der Waals surface area contributed by atoms with Gasteiger partial charge in [-0.15, -0.1) is 0 Å². The zero-order valence-corrected chi connectivity index (χ0v) is 17.5. The summed E-state index contributed by atoms with van der Waals surface area (Å²) < 4.78 is 12.6. The molecule has 0 atom stereocenters. The van der Waals surface area contributed by atoms with Gasteiger partial charge in [0.05, 0.1) is 16.7 Å². The van der Waals surface area contributed by atoms with E-state index in [-0.39, 0.29) is 0 Å². The predicted molar refractivity (Wildman–Crippen MR) is 110 cm³/mol. The smallest absolute Gasteiger partial charge is 0.218 e. The van der Waals surface area contributed by atoms with Crippen molar-refractivity contribution in [2.45, 2.75) is 20.1 Å². The average molecular weight is 472 g/mol. The van der Waals surface area contributed by atoms with Crippen LogP contribution in [0.1, 0.15) is 18.1 Å². The molecular weight excluding hydrogens is 455 g/mol. The van der Waals surface area contributed by atoms with Crippen molar-refractivity contribution in [2.75, 3.05) is 11.9 Å². The molecular formula is C18H17BrCl2N4O2. The van der Waals surface area contributed by atoms with Crippen molar-refractivity contribution in [3.63, 3.8) is 0 Å². The molecule has 0 aliphatic heterocycles. The maximum Gasteiger partial charge on any atom is 0.218 e. The van der Waals surface area contributed by atoms with Gasteiger partial charge in [-0.25, -0.2) is 10.1 Å². The van der Waals surface area contributed by atoms with Crippen molar-refractivity contribution in [2.24, 2.45) is 0 Å². The summed E-state index contributed by atoms with van der Waals surface area (Å²) in [7, 11) is 0. The molecule has 0 aliphatic rings. The van der Waals surface area contributed by atoms with E-state index >= 15 is 0 Å². The molecule has 0 fully saturated rings. The maximum atomic E-state index is 6.06. The van der Waals surface area contributed by atoms with E-state index in [2.05, 4.69) is 36.4 Å². The molecule has 9 heteroatoms. The normalized spacial score (nSPS) is 10.7. The van der Waals surface area contributed by atoms with Crippen molar-refractivity contribution in [3.8, 4) is 11.5 Å². The van der Waals surface area contributed by atoms with E-state index in [0.29, 0.717) is 47.3 Å². The average Bonchev–Trinajstić information content (AvgIpc) is 3.17. The fraction of sp³-hybridized carbons (Fsp3) is 0.222. The third kappa shape index (κ3) is 5.28. The Bertz CT molecular complexity index is 907. The minimum atomic E-state index is 0.346. The van der Waals surface area contributed by atoms with Crippen LogP contribution >= 0.6 is 39.1 Å². The second kappa shape index (κ2) is 9.30. The number of ether oxygens (including phenoxy) is 2. The summed E-state index contributed by atoms with van der Waals surface area (Å²) >= 11 is 15.6. The Balaban J connectivity index is 1.75. The Morgan fingerprint density at radius 2 is 1.93 bits per heavy atom. The van der Waals surface area contributed by atoms with E-state index in [1.54, 1.807) is 12.1 Å². The van der Waals surface area contributed by atoms with Crippen LogP contribution in [0, 0.1) is 0 Å². The van der Waals surface area contributed by atoms with Gasteiger partial charge in [0.25, 0.3) is 0 Å². The SMILES string of the molecule is CCOc1cc(CNc2ncn[nH]2)c(Br)cc1OCc1ccc(Cl)c(Cl)c1. The molecule has 27 heavy (non-hydrogen) atoms. The number of hydrogen-bond acceptors (Lipinski definition) is 5. The molecule has 1 aromatic heterocycles. The molecule has 2 aromatic carbocycles. The van der Waals surface area contributed by atoms with Gasteiger partial charge in [0.15, 0.2) is 11.5 Å². The lowest BCUT2D eigenvalue weighted by Crippen LogP contribution is -2.05. The number of nitrogens with one attached hydrogen (secondary N) is 2. The number of aromatic nitrogens is 3. The van der Waals surface area contributed by atoms with Crippen LogP contribution in [-0.4, -0.2) is 21.8 Å². The van der Waals surface area contributed by atoms with Crippen LogP contribution in [0.4, 0.5) is 5.95 Å². The van der Waals surface area contributed by atoms with Gasteiger partial charge in [-0.05, 0) is 42.3 Å². The van der Waals surface area contributed by atoms with Gasteiger partial charge in [-0.3, -0.25) is 0 Å². The first-order chi connectivity index (χ1) is 13.1. The third-order valence-corrected chi connectivity index (χ3v) is 5.13. The summed E-state index contributed by atoms with van der Waals surface area (Å²) in [6, 6.07) is 9.23. The zero-order chi connectivity index (χ0) is 19.2. The van der Waals surface area contributed by atoms with E-state index in [1.165, 1.54) is 6.33 Å². The number of rotatable bonds is 8. The molecule has 0 bridgehead atoms. The second-order valence-corrected chi connectivity index (χ2v) is 7.22. The molecule has 0 unspecified atom stereocenters. The first kappa shape index (κ1) is 19.8. The van der Waals surface area contributed by atoms with Crippen molar-refractivity contribution in [1.29, 1.82) is 0 Å². The van der Waals surface area contributed by atoms with Crippen LogP contribution in [0.3, 0.4) is 0 Å². The van der Waals surface area contributed by atoms with Gasteiger partial charge in [0.2, 0.25) is 5.95 Å². The van der Waals surface area contributed by atoms with Crippen molar-refractivity contribution < 1.29 is 9.47 Å².